The molecule has 0 unspecified atom stereocenters. The van der Waals surface area contributed by atoms with Gasteiger partial charge in [0.25, 0.3) is 5.91 Å². The zero-order chi connectivity index (χ0) is 19.8. The zero-order valence-corrected chi connectivity index (χ0v) is 16.2. The van der Waals surface area contributed by atoms with E-state index in [4.69, 9.17) is 9.15 Å². The molecule has 0 fully saturated rings. The van der Waals surface area contributed by atoms with E-state index in [0.29, 0.717) is 23.5 Å². The van der Waals surface area contributed by atoms with E-state index in [1.165, 1.54) is 0 Å². The van der Waals surface area contributed by atoms with Crippen LogP contribution in [-0.4, -0.2) is 18.3 Å². The smallest absolute Gasteiger partial charge is 0.258 e. The predicted molar refractivity (Wildman–Crippen MR) is 107 cm³/mol. The van der Waals surface area contributed by atoms with E-state index in [-0.39, 0.29) is 30.3 Å². The quantitative estimate of drug-likeness (QED) is 0.700. The molecule has 0 saturated heterocycles. The number of Topliss-reactive ketones (excluding diaryl/α,β-unsaturated/α-hetero) is 1. The van der Waals surface area contributed by atoms with Crippen molar-refractivity contribution in [1.82, 2.24) is 5.32 Å². The molecule has 4 rings (SSSR count). The lowest BCUT2D eigenvalue weighted by Crippen LogP contribution is -2.31. The third-order valence-corrected chi connectivity index (χ3v) is 5.30. The van der Waals surface area contributed by atoms with Gasteiger partial charge in [0.05, 0.1) is 11.6 Å². The number of ether oxygens (including phenoxy) is 1. The van der Waals surface area contributed by atoms with Crippen molar-refractivity contribution in [3.63, 3.8) is 0 Å². The molecule has 144 valence electrons. The number of carbonyl (C=O) groups excluding carboxylic acids is 2. The SMILES string of the molecule is Cc1ccc(OCC(=O)N[C@H](C)c2cc3ccccc3o2)c2c1[C@@H](C)CC2=O. The number of furan rings is 1. The Kier molecular flexibility index (Phi) is 4.67. The van der Waals surface area contributed by atoms with Gasteiger partial charge in [-0.3, -0.25) is 9.59 Å². The molecule has 3 aromatic rings. The van der Waals surface area contributed by atoms with Crippen LogP contribution in [0, 0.1) is 6.92 Å². The number of benzene rings is 2. The van der Waals surface area contributed by atoms with E-state index >= 15 is 0 Å². The third kappa shape index (κ3) is 3.28. The second-order valence-electron chi connectivity index (χ2n) is 7.46. The number of fused-ring (bicyclic) bond motifs is 2. The Balaban J connectivity index is 1.43. The number of hydrogen-bond acceptors (Lipinski definition) is 4. The highest BCUT2D eigenvalue weighted by Gasteiger charge is 2.31. The van der Waals surface area contributed by atoms with E-state index < -0.39 is 0 Å². The molecule has 0 spiro atoms. The minimum Gasteiger partial charge on any atom is -0.483 e. The summed E-state index contributed by atoms with van der Waals surface area (Å²) < 4.78 is 11.5. The van der Waals surface area contributed by atoms with E-state index in [1.807, 2.05) is 57.2 Å². The van der Waals surface area contributed by atoms with Gasteiger partial charge in [-0.1, -0.05) is 31.2 Å². The lowest BCUT2D eigenvalue weighted by Gasteiger charge is -2.15. The van der Waals surface area contributed by atoms with E-state index in [1.54, 1.807) is 6.07 Å². The highest BCUT2D eigenvalue weighted by atomic mass is 16.5. The van der Waals surface area contributed by atoms with Crippen molar-refractivity contribution in [1.29, 1.82) is 0 Å². The van der Waals surface area contributed by atoms with Gasteiger partial charge in [-0.15, -0.1) is 0 Å². The molecule has 1 aliphatic rings. The van der Waals surface area contributed by atoms with Crippen LogP contribution in [0.3, 0.4) is 0 Å². The Labute approximate surface area is 163 Å². The lowest BCUT2D eigenvalue weighted by molar-refractivity contribution is -0.123. The van der Waals surface area contributed by atoms with Crippen LogP contribution in [0.5, 0.6) is 5.75 Å². The fourth-order valence-corrected chi connectivity index (χ4v) is 3.94. The molecule has 5 nitrogen and oxygen atoms in total. The monoisotopic (exact) mass is 377 g/mol. The maximum atomic E-state index is 12.4. The minimum atomic E-state index is -0.283. The predicted octanol–water partition coefficient (Wildman–Crippen LogP) is 4.69. The second-order valence-corrected chi connectivity index (χ2v) is 7.46. The van der Waals surface area contributed by atoms with E-state index in [0.717, 1.165) is 22.1 Å². The fourth-order valence-electron chi connectivity index (χ4n) is 3.94. The molecule has 1 aromatic heterocycles. The first-order chi connectivity index (χ1) is 13.4. The first-order valence-electron chi connectivity index (χ1n) is 9.51. The molecular weight excluding hydrogens is 354 g/mol. The van der Waals surface area contributed by atoms with Crippen LogP contribution < -0.4 is 10.1 Å². The Morgan fingerprint density at radius 2 is 2.07 bits per heavy atom. The van der Waals surface area contributed by atoms with Crippen LogP contribution in [0.15, 0.2) is 46.9 Å². The molecule has 1 heterocycles. The van der Waals surface area contributed by atoms with Gasteiger partial charge in [0, 0.05) is 11.8 Å². The average Bonchev–Trinajstić information content (AvgIpc) is 3.23. The van der Waals surface area contributed by atoms with E-state index in [9.17, 15) is 9.59 Å². The van der Waals surface area contributed by atoms with Crippen LogP contribution in [-0.2, 0) is 4.79 Å². The second kappa shape index (κ2) is 7.15. The van der Waals surface area contributed by atoms with Crippen LogP contribution in [0.4, 0.5) is 0 Å². The Morgan fingerprint density at radius 3 is 2.86 bits per heavy atom. The maximum Gasteiger partial charge on any atom is 0.258 e. The number of nitrogens with one attached hydrogen (secondary N) is 1. The van der Waals surface area contributed by atoms with Crippen LogP contribution >= 0.6 is 0 Å². The maximum absolute atomic E-state index is 12.4. The zero-order valence-electron chi connectivity index (χ0n) is 16.2. The average molecular weight is 377 g/mol. The highest BCUT2D eigenvalue weighted by molar-refractivity contribution is 6.04. The summed E-state index contributed by atoms with van der Waals surface area (Å²) in [6.45, 7) is 5.76. The summed E-state index contributed by atoms with van der Waals surface area (Å²) in [4.78, 5) is 24.7. The lowest BCUT2D eigenvalue weighted by atomic mass is 9.97. The normalized spacial score (nSPS) is 16.8. The third-order valence-electron chi connectivity index (χ3n) is 5.30. The summed E-state index contributed by atoms with van der Waals surface area (Å²) in [7, 11) is 0. The summed E-state index contributed by atoms with van der Waals surface area (Å²) in [6, 6.07) is 13.1. The Hall–Kier alpha value is -3.08. The molecule has 0 bridgehead atoms. The van der Waals surface area contributed by atoms with Crippen molar-refractivity contribution in [2.75, 3.05) is 6.61 Å². The molecule has 0 saturated carbocycles. The van der Waals surface area contributed by atoms with Crippen LogP contribution in [0.2, 0.25) is 0 Å². The molecule has 0 radical (unpaired) electrons. The van der Waals surface area contributed by atoms with Crippen LogP contribution in [0.1, 0.15) is 59.5 Å². The topological polar surface area (TPSA) is 68.5 Å². The number of carbonyl (C=O) groups is 2. The highest BCUT2D eigenvalue weighted by Crippen LogP contribution is 2.40. The van der Waals surface area contributed by atoms with Crippen molar-refractivity contribution >= 4 is 22.7 Å². The molecule has 5 heteroatoms. The summed E-state index contributed by atoms with van der Waals surface area (Å²) in [5.74, 6) is 1.18. The van der Waals surface area contributed by atoms with Crippen molar-refractivity contribution in [3.05, 3.63) is 64.9 Å². The van der Waals surface area contributed by atoms with E-state index in [2.05, 4.69) is 5.32 Å². The summed E-state index contributed by atoms with van der Waals surface area (Å²) in [5, 5.41) is 3.88. The standard InChI is InChI=1S/C23H23NO4/c1-13-8-9-19(23-17(25)10-14(2)22(13)23)27-12-21(26)24-15(3)20-11-16-6-4-5-7-18(16)28-20/h4-9,11,14-15H,10,12H2,1-3H3,(H,24,26)/t14-,15+/m0/s1. The Bertz CT molecular complexity index is 1030. The molecule has 2 atom stereocenters. The largest absolute Gasteiger partial charge is 0.483 e. The first kappa shape index (κ1) is 18.3. The molecule has 1 aliphatic carbocycles. The number of amides is 1. The summed E-state index contributed by atoms with van der Waals surface area (Å²) >= 11 is 0. The number of aryl methyl sites for hydroxylation is 1. The van der Waals surface area contributed by atoms with Gasteiger partial charge in [0.15, 0.2) is 12.4 Å². The van der Waals surface area contributed by atoms with Crippen molar-refractivity contribution in [3.8, 4) is 5.75 Å². The molecule has 1 amide bonds. The fraction of sp³-hybridized carbons (Fsp3) is 0.304. The van der Waals surface area contributed by atoms with Gasteiger partial charge in [-0.25, -0.2) is 0 Å². The van der Waals surface area contributed by atoms with Crippen molar-refractivity contribution < 1.29 is 18.7 Å². The van der Waals surface area contributed by atoms with Gasteiger partial charge in [0.2, 0.25) is 0 Å². The molecule has 0 aliphatic heterocycles. The molecular formula is C23H23NO4. The molecule has 1 N–H and O–H groups in total. The number of rotatable bonds is 5. The first-order valence-corrected chi connectivity index (χ1v) is 9.51. The van der Waals surface area contributed by atoms with Crippen molar-refractivity contribution in [2.45, 2.75) is 39.2 Å². The summed E-state index contributed by atoms with van der Waals surface area (Å²) in [6.07, 6.45) is 0.492. The molecule has 28 heavy (non-hydrogen) atoms. The number of hydrogen-bond donors (Lipinski definition) is 1. The van der Waals surface area contributed by atoms with Crippen molar-refractivity contribution in [2.24, 2.45) is 0 Å². The molecule has 2 aromatic carbocycles. The summed E-state index contributed by atoms with van der Waals surface area (Å²) in [5.41, 5.74) is 3.55. The van der Waals surface area contributed by atoms with Gasteiger partial charge < -0.3 is 14.5 Å². The number of para-hydroxylation sites is 1. The minimum absolute atomic E-state index is 0.0808. The van der Waals surface area contributed by atoms with Gasteiger partial charge >= 0.3 is 0 Å². The Morgan fingerprint density at radius 1 is 1.29 bits per heavy atom. The van der Waals surface area contributed by atoms with Gasteiger partial charge in [-0.2, -0.15) is 0 Å². The van der Waals surface area contributed by atoms with Gasteiger partial charge in [0.1, 0.15) is 17.1 Å². The van der Waals surface area contributed by atoms with Crippen LogP contribution in [0.25, 0.3) is 11.0 Å². The van der Waals surface area contributed by atoms with Gasteiger partial charge in [-0.05, 0) is 49.1 Å². The number of ketones is 1.